The van der Waals surface area contributed by atoms with E-state index in [1.807, 2.05) is 36.4 Å². The SMILES string of the molecule is CCC=CCC=[N+]([O-])Cc1ccccc1. The molecule has 0 amide bonds. The molecule has 0 bridgehead atoms. The van der Waals surface area contributed by atoms with Crippen molar-refractivity contribution in [3.8, 4) is 0 Å². The Morgan fingerprint density at radius 2 is 1.93 bits per heavy atom. The lowest BCUT2D eigenvalue weighted by molar-refractivity contribution is -0.470. The summed E-state index contributed by atoms with van der Waals surface area (Å²) in [5, 5.41) is 11.4. The van der Waals surface area contributed by atoms with Gasteiger partial charge in [-0.2, -0.15) is 0 Å². The van der Waals surface area contributed by atoms with E-state index in [0.29, 0.717) is 13.0 Å². The number of nitrogens with zero attached hydrogens (tertiary/aromatic N) is 1. The van der Waals surface area contributed by atoms with Crippen LogP contribution in [-0.2, 0) is 6.54 Å². The molecular weight excluding hydrogens is 186 g/mol. The Morgan fingerprint density at radius 3 is 2.60 bits per heavy atom. The smallest absolute Gasteiger partial charge is 0.178 e. The largest absolute Gasteiger partial charge is 0.624 e. The Kier molecular flexibility index (Phi) is 5.23. The number of rotatable bonds is 5. The molecule has 0 saturated heterocycles. The van der Waals surface area contributed by atoms with Crippen LogP contribution in [0.2, 0.25) is 0 Å². The third-order valence-electron chi connectivity index (χ3n) is 2.03. The molecule has 0 radical (unpaired) electrons. The molecule has 0 aromatic heterocycles. The lowest BCUT2D eigenvalue weighted by Gasteiger charge is -2.02. The third kappa shape index (κ3) is 5.01. The summed E-state index contributed by atoms with van der Waals surface area (Å²) in [5.74, 6) is 0. The summed E-state index contributed by atoms with van der Waals surface area (Å²) in [5.41, 5.74) is 1.04. The first-order chi connectivity index (χ1) is 7.33. The van der Waals surface area contributed by atoms with E-state index in [2.05, 4.69) is 13.0 Å². The highest BCUT2D eigenvalue weighted by molar-refractivity contribution is 5.53. The van der Waals surface area contributed by atoms with Crippen molar-refractivity contribution in [1.29, 1.82) is 0 Å². The van der Waals surface area contributed by atoms with Crippen molar-refractivity contribution < 1.29 is 4.74 Å². The van der Waals surface area contributed by atoms with Crippen molar-refractivity contribution in [2.45, 2.75) is 26.3 Å². The molecule has 0 heterocycles. The van der Waals surface area contributed by atoms with E-state index in [0.717, 1.165) is 16.7 Å². The van der Waals surface area contributed by atoms with Crippen LogP contribution in [0, 0.1) is 5.21 Å². The zero-order valence-electron chi connectivity index (χ0n) is 9.10. The normalized spacial score (nSPS) is 12.2. The maximum Gasteiger partial charge on any atom is 0.178 e. The second-order valence-corrected chi connectivity index (χ2v) is 3.36. The number of hydroxylamine groups is 1. The van der Waals surface area contributed by atoms with Crippen LogP contribution < -0.4 is 0 Å². The molecule has 0 fully saturated rings. The van der Waals surface area contributed by atoms with Gasteiger partial charge in [-0.05, 0) is 6.42 Å². The van der Waals surface area contributed by atoms with Gasteiger partial charge in [0.05, 0.1) is 0 Å². The molecule has 0 unspecified atom stereocenters. The van der Waals surface area contributed by atoms with E-state index < -0.39 is 0 Å². The predicted octanol–water partition coefficient (Wildman–Crippen LogP) is 3.12. The Hall–Kier alpha value is -1.57. The van der Waals surface area contributed by atoms with Crippen LogP contribution in [0.3, 0.4) is 0 Å². The molecule has 80 valence electrons. The van der Waals surface area contributed by atoms with Gasteiger partial charge in [0.25, 0.3) is 0 Å². The molecule has 0 atom stereocenters. The average Bonchev–Trinajstić information content (AvgIpc) is 2.26. The van der Waals surface area contributed by atoms with Crippen molar-refractivity contribution in [2.24, 2.45) is 0 Å². The minimum atomic E-state index is 0.431. The summed E-state index contributed by atoms with van der Waals surface area (Å²) in [6.45, 7) is 2.51. The molecule has 1 aromatic rings. The Balaban J connectivity index is 2.41. The standard InChI is InChI=1S/C13H17NO/c1-2-3-4-8-11-14(15)12-13-9-6-5-7-10-13/h3-7,9-11H,2,8,12H2,1H3. The van der Waals surface area contributed by atoms with Gasteiger partial charge in [0.2, 0.25) is 0 Å². The van der Waals surface area contributed by atoms with Gasteiger partial charge < -0.3 is 5.21 Å². The molecule has 0 aliphatic carbocycles. The number of allylic oxidation sites excluding steroid dienone is 2. The average molecular weight is 203 g/mol. The first-order valence-electron chi connectivity index (χ1n) is 5.29. The fraction of sp³-hybridized carbons (Fsp3) is 0.308. The Morgan fingerprint density at radius 1 is 1.20 bits per heavy atom. The van der Waals surface area contributed by atoms with Gasteiger partial charge in [0, 0.05) is 12.0 Å². The van der Waals surface area contributed by atoms with E-state index in [9.17, 15) is 5.21 Å². The molecule has 0 N–H and O–H groups in total. The fourth-order valence-corrected chi connectivity index (χ4v) is 1.27. The van der Waals surface area contributed by atoms with Gasteiger partial charge in [-0.3, -0.25) is 0 Å². The first kappa shape index (κ1) is 11.5. The predicted molar refractivity (Wildman–Crippen MR) is 63.9 cm³/mol. The summed E-state index contributed by atoms with van der Waals surface area (Å²) in [6, 6.07) is 9.76. The van der Waals surface area contributed by atoms with Crippen LogP contribution in [0.25, 0.3) is 0 Å². The Labute approximate surface area is 91.1 Å². The van der Waals surface area contributed by atoms with E-state index in [-0.39, 0.29) is 0 Å². The van der Waals surface area contributed by atoms with Crippen molar-refractivity contribution in [3.05, 3.63) is 53.3 Å². The van der Waals surface area contributed by atoms with E-state index in [1.165, 1.54) is 0 Å². The van der Waals surface area contributed by atoms with Gasteiger partial charge in [-0.25, -0.2) is 4.74 Å². The molecule has 1 rings (SSSR count). The van der Waals surface area contributed by atoms with Crippen LogP contribution in [0.5, 0.6) is 0 Å². The monoisotopic (exact) mass is 203 g/mol. The van der Waals surface area contributed by atoms with Crippen LogP contribution in [0.15, 0.2) is 42.5 Å². The van der Waals surface area contributed by atoms with Gasteiger partial charge in [-0.1, -0.05) is 49.4 Å². The van der Waals surface area contributed by atoms with Crippen molar-refractivity contribution in [3.63, 3.8) is 0 Å². The third-order valence-corrected chi connectivity index (χ3v) is 2.03. The summed E-state index contributed by atoms with van der Waals surface area (Å²) >= 11 is 0. The minimum Gasteiger partial charge on any atom is -0.624 e. The highest BCUT2D eigenvalue weighted by Crippen LogP contribution is 1.99. The van der Waals surface area contributed by atoms with Gasteiger partial charge in [0.1, 0.15) is 0 Å². The molecule has 0 spiro atoms. The van der Waals surface area contributed by atoms with Gasteiger partial charge in [0.15, 0.2) is 12.8 Å². The highest BCUT2D eigenvalue weighted by atomic mass is 16.5. The molecular formula is C13H17NO. The van der Waals surface area contributed by atoms with Crippen LogP contribution in [-0.4, -0.2) is 11.0 Å². The molecule has 0 aliphatic rings. The maximum absolute atomic E-state index is 11.4. The zero-order chi connectivity index (χ0) is 10.9. The molecule has 0 aliphatic heterocycles. The van der Waals surface area contributed by atoms with Gasteiger partial charge >= 0.3 is 0 Å². The van der Waals surface area contributed by atoms with Gasteiger partial charge in [-0.15, -0.1) is 0 Å². The minimum absolute atomic E-state index is 0.431. The summed E-state index contributed by atoms with van der Waals surface area (Å²) < 4.78 is 0.981. The quantitative estimate of drug-likeness (QED) is 0.237. The number of hydrogen-bond acceptors (Lipinski definition) is 1. The lowest BCUT2D eigenvalue weighted by Crippen LogP contribution is -2.04. The molecule has 2 heteroatoms. The van der Waals surface area contributed by atoms with E-state index in [1.54, 1.807) is 6.21 Å². The molecule has 1 aromatic carbocycles. The van der Waals surface area contributed by atoms with Crippen molar-refractivity contribution in [1.82, 2.24) is 0 Å². The number of hydrogen-bond donors (Lipinski definition) is 0. The first-order valence-corrected chi connectivity index (χ1v) is 5.29. The second-order valence-electron chi connectivity index (χ2n) is 3.36. The van der Waals surface area contributed by atoms with Crippen molar-refractivity contribution >= 4 is 6.21 Å². The summed E-state index contributed by atoms with van der Waals surface area (Å²) in [6.07, 6.45) is 7.47. The van der Waals surface area contributed by atoms with Crippen molar-refractivity contribution in [2.75, 3.05) is 0 Å². The zero-order valence-corrected chi connectivity index (χ0v) is 9.10. The van der Waals surface area contributed by atoms with Crippen LogP contribution in [0.4, 0.5) is 0 Å². The molecule has 0 saturated carbocycles. The Bertz CT molecular complexity index is 328. The highest BCUT2D eigenvalue weighted by Gasteiger charge is 1.95. The van der Waals surface area contributed by atoms with Crippen LogP contribution >= 0.6 is 0 Å². The topological polar surface area (TPSA) is 26.1 Å². The second kappa shape index (κ2) is 6.82. The lowest BCUT2D eigenvalue weighted by atomic mass is 10.2. The van der Waals surface area contributed by atoms with Crippen LogP contribution in [0.1, 0.15) is 25.3 Å². The number of benzene rings is 1. The fourth-order valence-electron chi connectivity index (χ4n) is 1.27. The molecule has 2 nitrogen and oxygen atoms in total. The summed E-state index contributed by atoms with van der Waals surface area (Å²) in [4.78, 5) is 0. The maximum atomic E-state index is 11.4. The summed E-state index contributed by atoms with van der Waals surface area (Å²) in [7, 11) is 0. The molecule has 15 heavy (non-hydrogen) atoms. The van der Waals surface area contributed by atoms with E-state index in [4.69, 9.17) is 0 Å². The van der Waals surface area contributed by atoms with E-state index >= 15 is 0 Å².